The predicted molar refractivity (Wildman–Crippen MR) is 46.8 cm³/mol. The van der Waals surface area contributed by atoms with Gasteiger partial charge in [-0.3, -0.25) is 0 Å². The average molecular weight is 140 g/mol. The summed E-state index contributed by atoms with van der Waals surface area (Å²) in [6, 6.07) is 10.3. The van der Waals surface area contributed by atoms with E-state index < -0.39 is 0 Å². The minimum absolute atomic E-state index is 1.32. The zero-order valence-electron chi connectivity index (χ0n) is 5.96. The van der Waals surface area contributed by atoms with Crippen LogP contribution in [0.4, 0.5) is 0 Å². The van der Waals surface area contributed by atoms with Crippen LogP contribution in [0.25, 0.3) is 0 Å². The van der Waals surface area contributed by atoms with E-state index in [1.54, 1.807) is 0 Å². The van der Waals surface area contributed by atoms with Gasteiger partial charge in [-0.15, -0.1) is 9.24 Å². The van der Waals surface area contributed by atoms with Crippen molar-refractivity contribution in [1.82, 2.24) is 0 Å². The summed E-state index contributed by atoms with van der Waals surface area (Å²) in [5, 5.41) is 0. The molecular weight excluding hydrogens is 127 g/mol. The fraction of sp³-hybridized carbons (Fsp3) is 0.250. The van der Waals surface area contributed by atoms with Crippen molar-refractivity contribution < 1.29 is 0 Å². The third kappa shape index (κ3) is 4.17. The Morgan fingerprint density at radius 2 is 1.44 bits per heavy atom. The molecule has 0 bridgehead atoms. The Morgan fingerprint density at radius 3 is 1.67 bits per heavy atom. The van der Waals surface area contributed by atoms with Crippen LogP contribution >= 0.6 is 9.24 Å². The van der Waals surface area contributed by atoms with E-state index in [4.69, 9.17) is 0 Å². The highest BCUT2D eigenvalue weighted by Crippen LogP contribution is 1.92. The zero-order chi connectivity index (χ0) is 7.11. The number of hydrogen-bond donors (Lipinski definition) is 0. The molecule has 1 atom stereocenters. The summed E-state index contributed by atoms with van der Waals surface area (Å²) in [5.41, 5.74) is 1.32. The van der Waals surface area contributed by atoms with Crippen LogP contribution in [-0.4, -0.2) is 6.66 Å². The second-order valence-electron chi connectivity index (χ2n) is 1.65. The fourth-order valence-electron chi connectivity index (χ4n) is 0.534. The lowest BCUT2D eigenvalue weighted by Crippen LogP contribution is -1.62. The Bertz CT molecular complexity index is 134. The Labute approximate surface area is 59.5 Å². The highest BCUT2D eigenvalue weighted by molar-refractivity contribution is 7.15. The van der Waals surface area contributed by atoms with Gasteiger partial charge < -0.3 is 0 Å². The van der Waals surface area contributed by atoms with Gasteiger partial charge in [0.25, 0.3) is 0 Å². The molecule has 50 valence electrons. The topological polar surface area (TPSA) is 0 Å². The molecule has 1 aromatic carbocycles. The predicted octanol–water partition coefficient (Wildman–Crippen LogP) is 2.49. The molecule has 0 radical (unpaired) electrons. The molecule has 9 heavy (non-hydrogen) atoms. The molecule has 0 spiro atoms. The molecule has 1 heteroatoms. The van der Waals surface area contributed by atoms with E-state index in [0.29, 0.717) is 0 Å². The molecule has 0 saturated heterocycles. The van der Waals surface area contributed by atoms with Crippen molar-refractivity contribution in [3.8, 4) is 0 Å². The van der Waals surface area contributed by atoms with Crippen LogP contribution in [-0.2, 0) is 0 Å². The molecular formula is C8H13P. The van der Waals surface area contributed by atoms with Gasteiger partial charge in [-0.1, -0.05) is 42.6 Å². The molecule has 0 N–H and O–H groups in total. The first-order valence-corrected chi connectivity index (χ1v) is 4.14. The molecule has 0 aliphatic heterocycles. The molecule has 0 amide bonds. The third-order valence-corrected chi connectivity index (χ3v) is 0.940. The van der Waals surface area contributed by atoms with Gasteiger partial charge in [-0.05, 0) is 6.92 Å². The maximum absolute atomic E-state index is 2.42. The van der Waals surface area contributed by atoms with Crippen LogP contribution in [0.15, 0.2) is 30.3 Å². The Balaban J connectivity index is 0.000000291. The van der Waals surface area contributed by atoms with Crippen LogP contribution in [0.1, 0.15) is 5.56 Å². The molecule has 1 unspecified atom stereocenters. The van der Waals surface area contributed by atoms with Crippen molar-refractivity contribution >= 4 is 9.24 Å². The number of hydrogen-bond acceptors (Lipinski definition) is 0. The smallest absolute Gasteiger partial charge is 0.0398 e. The fourth-order valence-corrected chi connectivity index (χ4v) is 0.534. The van der Waals surface area contributed by atoms with E-state index in [1.165, 1.54) is 5.56 Å². The number of benzene rings is 1. The maximum Gasteiger partial charge on any atom is -0.0398 e. The molecule has 0 aliphatic rings. The molecule has 0 saturated carbocycles. The minimum atomic E-state index is 1.32. The summed E-state index contributed by atoms with van der Waals surface area (Å²) in [7, 11) is 2.42. The van der Waals surface area contributed by atoms with Gasteiger partial charge in [-0.2, -0.15) is 0 Å². The molecule has 0 fully saturated rings. The van der Waals surface area contributed by atoms with E-state index in [2.05, 4.69) is 28.3 Å². The van der Waals surface area contributed by atoms with Gasteiger partial charge in [0, 0.05) is 0 Å². The highest BCUT2D eigenvalue weighted by atomic mass is 31.0. The monoisotopic (exact) mass is 140 g/mol. The lowest BCUT2D eigenvalue weighted by molar-refractivity contribution is 1.48. The van der Waals surface area contributed by atoms with Gasteiger partial charge in [0.1, 0.15) is 0 Å². The summed E-state index contributed by atoms with van der Waals surface area (Å²) < 4.78 is 0. The van der Waals surface area contributed by atoms with Gasteiger partial charge in [0.05, 0.1) is 0 Å². The Hall–Kier alpha value is -0.350. The van der Waals surface area contributed by atoms with Crippen molar-refractivity contribution in [2.75, 3.05) is 6.66 Å². The van der Waals surface area contributed by atoms with E-state index >= 15 is 0 Å². The Kier molecular flexibility index (Phi) is 5.56. The van der Waals surface area contributed by atoms with Crippen LogP contribution in [0.3, 0.4) is 0 Å². The minimum Gasteiger partial charge on any atom is -0.141 e. The van der Waals surface area contributed by atoms with Crippen molar-refractivity contribution in [2.45, 2.75) is 6.92 Å². The first kappa shape index (κ1) is 8.65. The first-order chi connectivity index (χ1) is 4.39. The quantitative estimate of drug-likeness (QED) is 0.486. The van der Waals surface area contributed by atoms with Crippen molar-refractivity contribution in [1.29, 1.82) is 0 Å². The van der Waals surface area contributed by atoms with E-state index in [9.17, 15) is 0 Å². The summed E-state index contributed by atoms with van der Waals surface area (Å²) in [4.78, 5) is 0. The second-order valence-corrected chi connectivity index (χ2v) is 1.65. The summed E-state index contributed by atoms with van der Waals surface area (Å²) in [6.45, 7) is 4.00. The van der Waals surface area contributed by atoms with E-state index in [0.717, 1.165) is 0 Å². The van der Waals surface area contributed by atoms with Crippen LogP contribution in [0, 0.1) is 6.92 Å². The van der Waals surface area contributed by atoms with Crippen LogP contribution in [0.2, 0.25) is 0 Å². The molecule has 0 aromatic heterocycles. The number of rotatable bonds is 0. The summed E-state index contributed by atoms with van der Waals surface area (Å²) in [5.74, 6) is 0. The lowest BCUT2D eigenvalue weighted by Gasteiger charge is -1.82. The van der Waals surface area contributed by atoms with E-state index in [-0.39, 0.29) is 0 Å². The van der Waals surface area contributed by atoms with Gasteiger partial charge >= 0.3 is 0 Å². The third-order valence-electron chi connectivity index (χ3n) is 0.940. The average Bonchev–Trinajstić information content (AvgIpc) is 1.94. The number of aryl methyl sites for hydroxylation is 1. The van der Waals surface area contributed by atoms with Crippen molar-refractivity contribution in [2.24, 2.45) is 0 Å². The first-order valence-electron chi connectivity index (χ1n) is 2.99. The van der Waals surface area contributed by atoms with E-state index in [1.807, 2.05) is 24.9 Å². The van der Waals surface area contributed by atoms with Gasteiger partial charge in [0.15, 0.2) is 0 Å². The van der Waals surface area contributed by atoms with Crippen molar-refractivity contribution in [3.05, 3.63) is 35.9 Å². The molecule has 1 aromatic rings. The van der Waals surface area contributed by atoms with Crippen molar-refractivity contribution in [3.63, 3.8) is 0 Å². The maximum atomic E-state index is 2.42. The SMILES string of the molecule is CP.Cc1ccccc1. The summed E-state index contributed by atoms with van der Waals surface area (Å²) in [6.07, 6.45) is 0. The van der Waals surface area contributed by atoms with Gasteiger partial charge in [-0.25, -0.2) is 0 Å². The standard InChI is InChI=1S/C7H8.CH5P/c1-7-5-3-2-4-6-7;1-2/h2-6H,1H3;2H2,1H3. The molecule has 0 aliphatic carbocycles. The largest absolute Gasteiger partial charge is 0.141 e. The lowest BCUT2D eigenvalue weighted by atomic mass is 10.2. The second kappa shape index (κ2) is 5.78. The zero-order valence-corrected chi connectivity index (χ0v) is 7.12. The van der Waals surface area contributed by atoms with Gasteiger partial charge in [0.2, 0.25) is 0 Å². The highest BCUT2D eigenvalue weighted by Gasteiger charge is 1.72. The Morgan fingerprint density at radius 1 is 1.00 bits per heavy atom. The van der Waals surface area contributed by atoms with Crippen LogP contribution < -0.4 is 0 Å². The molecule has 0 nitrogen and oxygen atoms in total. The molecule has 1 rings (SSSR count). The normalized spacial score (nSPS) is 7.44. The summed E-state index contributed by atoms with van der Waals surface area (Å²) >= 11 is 0. The van der Waals surface area contributed by atoms with Crippen LogP contribution in [0.5, 0.6) is 0 Å². The molecule has 0 heterocycles.